The first-order valence-electron chi connectivity index (χ1n) is 9.41. The van der Waals surface area contributed by atoms with Gasteiger partial charge in [0.05, 0.1) is 14.2 Å². The molecule has 0 radical (unpaired) electrons. The Bertz CT molecular complexity index is 894. The molecule has 0 N–H and O–H groups in total. The first kappa shape index (κ1) is 22.0. The van der Waals surface area contributed by atoms with Gasteiger partial charge in [-0.1, -0.05) is 44.2 Å². The van der Waals surface area contributed by atoms with Crippen molar-refractivity contribution in [1.29, 1.82) is 0 Å². The minimum Gasteiger partial charge on any atom is -0.497 e. The van der Waals surface area contributed by atoms with E-state index in [2.05, 4.69) is 13.8 Å². The van der Waals surface area contributed by atoms with Gasteiger partial charge >= 0.3 is 5.97 Å². The van der Waals surface area contributed by atoms with E-state index in [1.807, 2.05) is 18.2 Å². The van der Waals surface area contributed by atoms with Crippen molar-refractivity contribution in [3.63, 3.8) is 0 Å². The third-order valence-corrected chi connectivity index (χ3v) is 4.54. The second kappa shape index (κ2) is 10.9. The Hall–Kier alpha value is -3.34. The molecule has 0 spiro atoms. The normalized spacial score (nSPS) is 12.1. The predicted octanol–water partition coefficient (Wildman–Crippen LogP) is 4.96. The highest BCUT2D eigenvalue weighted by atomic mass is 16.5. The van der Waals surface area contributed by atoms with Crippen LogP contribution < -0.4 is 14.2 Å². The summed E-state index contributed by atoms with van der Waals surface area (Å²) in [6.07, 6.45) is 7.07. The van der Waals surface area contributed by atoms with Crippen molar-refractivity contribution in [3.05, 3.63) is 71.8 Å². The number of benzene rings is 2. The van der Waals surface area contributed by atoms with E-state index in [1.165, 1.54) is 12.2 Å². The molecule has 2 aromatic rings. The van der Waals surface area contributed by atoms with Crippen LogP contribution in [0.5, 0.6) is 17.2 Å². The molecular formula is C24H26O5. The summed E-state index contributed by atoms with van der Waals surface area (Å²) in [6.45, 7) is 4.24. The standard InChI is InChI=1S/C24H26O5/c1-5-17(2)18-10-12-20(13-11-18)29-24(26)22(25)9-7-6-8-19-16-21(27-3)14-15-23(19)28-4/h6-17H,5H2,1-4H3/b8-6+,9-7+. The number of hydrogen-bond acceptors (Lipinski definition) is 5. The molecule has 1 atom stereocenters. The topological polar surface area (TPSA) is 61.8 Å². The van der Waals surface area contributed by atoms with E-state index < -0.39 is 11.8 Å². The van der Waals surface area contributed by atoms with Crippen LogP contribution in [0.4, 0.5) is 0 Å². The second-order valence-corrected chi connectivity index (χ2v) is 6.46. The summed E-state index contributed by atoms with van der Waals surface area (Å²) in [5.74, 6) is 0.471. The fourth-order valence-corrected chi connectivity index (χ4v) is 2.60. The summed E-state index contributed by atoms with van der Waals surface area (Å²) in [5.41, 5.74) is 1.95. The van der Waals surface area contributed by atoms with Crippen molar-refractivity contribution in [2.75, 3.05) is 14.2 Å². The van der Waals surface area contributed by atoms with Gasteiger partial charge in [-0.15, -0.1) is 0 Å². The zero-order valence-corrected chi connectivity index (χ0v) is 17.2. The fraction of sp³-hybridized carbons (Fsp3) is 0.250. The van der Waals surface area contributed by atoms with Crippen LogP contribution in [0.1, 0.15) is 37.3 Å². The zero-order valence-electron chi connectivity index (χ0n) is 17.2. The molecule has 0 aliphatic carbocycles. The first-order valence-corrected chi connectivity index (χ1v) is 9.41. The molecule has 2 rings (SSSR count). The number of methoxy groups -OCH3 is 2. The molecule has 1 unspecified atom stereocenters. The van der Waals surface area contributed by atoms with E-state index in [-0.39, 0.29) is 0 Å². The molecule has 0 heterocycles. The van der Waals surface area contributed by atoms with Gasteiger partial charge in [0.2, 0.25) is 0 Å². The van der Waals surface area contributed by atoms with E-state index >= 15 is 0 Å². The van der Waals surface area contributed by atoms with Gasteiger partial charge in [0.25, 0.3) is 5.78 Å². The summed E-state index contributed by atoms with van der Waals surface area (Å²) < 4.78 is 15.6. The molecule has 0 amide bonds. The minimum absolute atomic E-state index is 0.348. The van der Waals surface area contributed by atoms with Gasteiger partial charge in [-0.25, -0.2) is 4.79 Å². The van der Waals surface area contributed by atoms with Gasteiger partial charge in [-0.3, -0.25) is 4.79 Å². The Morgan fingerprint density at radius 3 is 2.28 bits per heavy atom. The smallest absolute Gasteiger partial charge is 0.384 e. The van der Waals surface area contributed by atoms with Crippen molar-refractivity contribution in [2.45, 2.75) is 26.2 Å². The largest absolute Gasteiger partial charge is 0.497 e. The molecule has 0 aliphatic heterocycles. The third-order valence-electron chi connectivity index (χ3n) is 4.54. The van der Waals surface area contributed by atoms with E-state index in [0.717, 1.165) is 17.5 Å². The summed E-state index contributed by atoms with van der Waals surface area (Å²) in [5, 5.41) is 0. The first-order chi connectivity index (χ1) is 14.0. The molecular weight excluding hydrogens is 368 g/mol. The van der Waals surface area contributed by atoms with Crippen LogP contribution in [0.2, 0.25) is 0 Å². The second-order valence-electron chi connectivity index (χ2n) is 6.46. The molecule has 0 fully saturated rings. The average Bonchev–Trinajstić information content (AvgIpc) is 2.76. The Morgan fingerprint density at radius 1 is 0.966 bits per heavy atom. The highest BCUT2D eigenvalue weighted by molar-refractivity contribution is 6.38. The van der Waals surface area contributed by atoms with Gasteiger partial charge in [-0.05, 0) is 54.3 Å². The van der Waals surface area contributed by atoms with Crippen LogP contribution in [0.3, 0.4) is 0 Å². The van der Waals surface area contributed by atoms with Crippen molar-refractivity contribution < 1.29 is 23.8 Å². The molecule has 5 heteroatoms. The zero-order chi connectivity index (χ0) is 21.2. The lowest BCUT2D eigenvalue weighted by molar-refractivity contribution is -0.144. The number of ether oxygens (including phenoxy) is 3. The number of ketones is 1. The van der Waals surface area contributed by atoms with Crippen LogP contribution in [0.25, 0.3) is 6.08 Å². The summed E-state index contributed by atoms with van der Waals surface area (Å²) >= 11 is 0. The maximum atomic E-state index is 12.0. The highest BCUT2D eigenvalue weighted by Gasteiger charge is 2.13. The Morgan fingerprint density at radius 2 is 1.66 bits per heavy atom. The Kier molecular flexibility index (Phi) is 8.22. The van der Waals surface area contributed by atoms with Crippen molar-refractivity contribution in [1.82, 2.24) is 0 Å². The van der Waals surface area contributed by atoms with Gasteiger partial charge in [0, 0.05) is 5.56 Å². The molecule has 0 saturated carbocycles. The van der Waals surface area contributed by atoms with Crippen LogP contribution in [-0.4, -0.2) is 26.0 Å². The Balaban J connectivity index is 1.96. The summed E-state index contributed by atoms with van der Waals surface area (Å²) in [4.78, 5) is 23.9. The quantitative estimate of drug-likeness (QED) is 0.198. The van der Waals surface area contributed by atoms with Crippen LogP contribution in [0.15, 0.2) is 60.7 Å². The monoisotopic (exact) mass is 394 g/mol. The molecule has 152 valence electrons. The minimum atomic E-state index is -0.926. The van der Waals surface area contributed by atoms with Crippen molar-refractivity contribution in [2.24, 2.45) is 0 Å². The maximum Gasteiger partial charge on any atom is 0.384 e. The van der Waals surface area contributed by atoms with E-state index in [1.54, 1.807) is 50.6 Å². The lowest BCUT2D eigenvalue weighted by Gasteiger charge is -2.09. The number of carbonyl (C=O) groups is 2. The van der Waals surface area contributed by atoms with Gasteiger partial charge < -0.3 is 14.2 Å². The number of hydrogen-bond donors (Lipinski definition) is 0. The highest BCUT2D eigenvalue weighted by Crippen LogP contribution is 2.25. The van der Waals surface area contributed by atoms with Crippen LogP contribution in [0, 0.1) is 0 Å². The van der Waals surface area contributed by atoms with E-state index in [9.17, 15) is 9.59 Å². The fourth-order valence-electron chi connectivity index (χ4n) is 2.60. The molecule has 5 nitrogen and oxygen atoms in total. The van der Waals surface area contributed by atoms with Crippen LogP contribution in [-0.2, 0) is 9.59 Å². The van der Waals surface area contributed by atoms with Gasteiger partial charge in [0.15, 0.2) is 0 Å². The van der Waals surface area contributed by atoms with Crippen molar-refractivity contribution in [3.8, 4) is 17.2 Å². The number of allylic oxidation sites excluding steroid dienone is 2. The van der Waals surface area contributed by atoms with Crippen LogP contribution >= 0.6 is 0 Å². The number of rotatable bonds is 9. The summed E-state index contributed by atoms with van der Waals surface area (Å²) in [6, 6.07) is 12.6. The molecule has 2 aromatic carbocycles. The van der Waals surface area contributed by atoms with Gasteiger partial charge in [-0.2, -0.15) is 0 Å². The lowest BCUT2D eigenvalue weighted by Crippen LogP contribution is -2.18. The molecule has 0 aliphatic rings. The SMILES string of the molecule is CCC(C)c1ccc(OC(=O)C(=O)/C=C/C=C/c2cc(OC)ccc2OC)cc1. The Labute approximate surface area is 171 Å². The number of carbonyl (C=O) groups excluding carboxylic acids is 2. The molecule has 0 bridgehead atoms. The maximum absolute atomic E-state index is 12.0. The van der Waals surface area contributed by atoms with E-state index in [0.29, 0.717) is 23.2 Å². The van der Waals surface area contributed by atoms with Gasteiger partial charge in [0.1, 0.15) is 17.2 Å². The van der Waals surface area contributed by atoms with E-state index in [4.69, 9.17) is 14.2 Å². The predicted molar refractivity (Wildman–Crippen MR) is 114 cm³/mol. The third kappa shape index (κ3) is 6.35. The van der Waals surface area contributed by atoms with Crippen molar-refractivity contribution >= 4 is 17.8 Å². The summed E-state index contributed by atoms with van der Waals surface area (Å²) in [7, 11) is 3.15. The average molecular weight is 394 g/mol. The molecule has 0 aromatic heterocycles. The lowest BCUT2D eigenvalue weighted by atomic mass is 9.99. The number of esters is 1. The molecule has 29 heavy (non-hydrogen) atoms. The molecule has 0 saturated heterocycles.